The third-order valence-corrected chi connectivity index (χ3v) is 3.84. The molecule has 0 aliphatic rings. The van der Waals surface area contributed by atoms with Crippen molar-refractivity contribution < 1.29 is 4.39 Å². The number of hydrogen-bond acceptors (Lipinski definition) is 4. The predicted molar refractivity (Wildman–Crippen MR) is 100 cm³/mol. The molecule has 1 heterocycles. The second-order valence-corrected chi connectivity index (χ2v) is 5.68. The number of anilines is 1. The summed E-state index contributed by atoms with van der Waals surface area (Å²) in [6, 6.07) is 14.4. The highest BCUT2D eigenvalue weighted by atomic mass is 79.9. The standard InChI is InChI=1S/C17H14FN3S.BrH/c1-12-2-4-13(5-3-12)10-19-21-17-20-16(11-22-17)14-6-8-15(18)9-7-14;/h2-11H,1H3,(H,20,21);1H/b19-10+;. The Morgan fingerprint density at radius 3 is 2.48 bits per heavy atom. The monoisotopic (exact) mass is 391 g/mol. The molecule has 3 rings (SSSR count). The van der Waals surface area contributed by atoms with Crippen LogP contribution in [0.2, 0.25) is 0 Å². The van der Waals surface area contributed by atoms with Crippen LogP contribution in [0.4, 0.5) is 9.52 Å². The number of aryl methyl sites for hydroxylation is 1. The lowest BCUT2D eigenvalue weighted by atomic mass is 10.2. The summed E-state index contributed by atoms with van der Waals surface area (Å²) in [6.07, 6.45) is 1.75. The molecule has 0 spiro atoms. The number of thiazole rings is 1. The van der Waals surface area contributed by atoms with Crippen molar-refractivity contribution in [1.29, 1.82) is 0 Å². The van der Waals surface area contributed by atoms with Crippen LogP contribution in [-0.4, -0.2) is 11.2 Å². The average molecular weight is 392 g/mol. The first-order valence-electron chi connectivity index (χ1n) is 6.78. The summed E-state index contributed by atoms with van der Waals surface area (Å²) in [5.74, 6) is -0.250. The summed E-state index contributed by atoms with van der Waals surface area (Å²) in [7, 11) is 0. The molecular formula is C17H15BrFN3S. The third-order valence-electron chi connectivity index (χ3n) is 3.10. The Morgan fingerprint density at radius 1 is 1.09 bits per heavy atom. The van der Waals surface area contributed by atoms with E-state index in [0.29, 0.717) is 5.13 Å². The first kappa shape index (κ1) is 17.3. The van der Waals surface area contributed by atoms with Crippen LogP contribution in [0.25, 0.3) is 11.3 Å². The lowest BCUT2D eigenvalue weighted by Gasteiger charge is -1.96. The molecule has 0 bridgehead atoms. The van der Waals surface area contributed by atoms with Gasteiger partial charge in [-0.2, -0.15) is 5.10 Å². The quantitative estimate of drug-likeness (QED) is 0.485. The maximum absolute atomic E-state index is 12.9. The summed E-state index contributed by atoms with van der Waals surface area (Å²) in [5, 5.41) is 6.79. The van der Waals surface area contributed by atoms with Gasteiger partial charge in [-0.15, -0.1) is 28.3 Å². The summed E-state index contributed by atoms with van der Waals surface area (Å²) in [6.45, 7) is 2.05. The number of nitrogens with one attached hydrogen (secondary N) is 1. The van der Waals surface area contributed by atoms with Crippen molar-refractivity contribution in [1.82, 2.24) is 4.98 Å². The first-order valence-corrected chi connectivity index (χ1v) is 7.66. The van der Waals surface area contributed by atoms with Crippen LogP contribution < -0.4 is 5.43 Å². The van der Waals surface area contributed by atoms with Crippen LogP contribution in [0, 0.1) is 12.7 Å². The van der Waals surface area contributed by atoms with Crippen LogP contribution in [0.3, 0.4) is 0 Å². The minimum absolute atomic E-state index is 0. The van der Waals surface area contributed by atoms with E-state index in [9.17, 15) is 4.39 Å². The zero-order valence-corrected chi connectivity index (χ0v) is 14.9. The molecule has 2 aromatic carbocycles. The van der Waals surface area contributed by atoms with E-state index in [1.165, 1.54) is 29.0 Å². The fraction of sp³-hybridized carbons (Fsp3) is 0.0588. The zero-order valence-electron chi connectivity index (χ0n) is 12.4. The van der Waals surface area contributed by atoms with Crippen molar-refractivity contribution in [3.05, 3.63) is 70.9 Å². The molecule has 3 nitrogen and oxygen atoms in total. The average Bonchev–Trinajstić information content (AvgIpc) is 2.99. The van der Waals surface area contributed by atoms with Gasteiger partial charge in [-0.25, -0.2) is 9.37 Å². The summed E-state index contributed by atoms with van der Waals surface area (Å²) < 4.78 is 12.9. The molecule has 6 heteroatoms. The molecule has 0 aliphatic carbocycles. The molecule has 0 amide bonds. The Kier molecular flexibility index (Phi) is 6.01. The second kappa shape index (κ2) is 7.99. The lowest BCUT2D eigenvalue weighted by molar-refractivity contribution is 0.628. The highest BCUT2D eigenvalue weighted by Gasteiger charge is 2.03. The molecule has 3 aromatic rings. The van der Waals surface area contributed by atoms with Crippen LogP contribution in [0.15, 0.2) is 59.0 Å². The van der Waals surface area contributed by atoms with Gasteiger partial charge in [-0.3, -0.25) is 5.43 Å². The minimum atomic E-state index is -0.250. The Labute approximate surface area is 148 Å². The van der Waals surface area contributed by atoms with Gasteiger partial charge >= 0.3 is 0 Å². The number of nitrogens with zero attached hydrogens (tertiary/aromatic N) is 2. The van der Waals surface area contributed by atoms with E-state index in [4.69, 9.17) is 0 Å². The number of rotatable bonds is 4. The molecule has 0 saturated heterocycles. The van der Waals surface area contributed by atoms with E-state index < -0.39 is 0 Å². The largest absolute Gasteiger partial charge is 0.253 e. The number of hydrazone groups is 1. The molecule has 0 atom stereocenters. The molecular weight excluding hydrogens is 377 g/mol. The van der Waals surface area contributed by atoms with Gasteiger partial charge in [-0.1, -0.05) is 29.8 Å². The number of halogens is 2. The fourth-order valence-corrected chi connectivity index (χ4v) is 2.56. The molecule has 1 N–H and O–H groups in total. The zero-order chi connectivity index (χ0) is 15.4. The third kappa shape index (κ3) is 4.71. The van der Waals surface area contributed by atoms with E-state index in [1.54, 1.807) is 18.3 Å². The number of aromatic nitrogens is 1. The number of benzene rings is 2. The molecule has 0 aliphatic heterocycles. The van der Waals surface area contributed by atoms with Crippen LogP contribution in [-0.2, 0) is 0 Å². The van der Waals surface area contributed by atoms with Gasteiger partial charge in [0, 0.05) is 10.9 Å². The SMILES string of the molecule is Br.Cc1ccc(/C=N/Nc2nc(-c3ccc(F)cc3)cs2)cc1. The smallest absolute Gasteiger partial charge is 0.203 e. The summed E-state index contributed by atoms with van der Waals surface area (Å²) in [4.78, 5) is 4.43. The van der Waals surface area contributed by atoms with Crippen molar-refractivity contribution in [3.63, 3.8) is 0 Å². The van der Waals surface area contributed by atoms with Gasteiger partial charge in [-0.05, 0) is 36.8 Å². The van der Waals surface area contributed by atoms with Crippen molar-refractivity contribution in [2.45, 2.75) is 6.92 Å². The first-order chi connectivity index (χ1) is 10.7. The van der Waals surface area contributed by atoms with Gasteiger partial charge in [0.05, 0.1) is 11.9 Å². The Bertz CT molecular complexity index is 782. The fourth-order valence-electron chi connectivity index (χ4n) is 1.89. The Hall–Kier alpha value is -2.05. The van der Waals surface area contributed by atoms with Gasteiger partial charge in [0.2, 0.25) is 5.13 Å². The van der Waals surface area contributed by atoms with E-state index in [1.807, 2.05) is 36.6 Å². The van der Waals surface area contributed by atoms with Crippen molar-refractivity contribution in [2.24, 2.45) is 5.10 Å². The van der Waals surface area contributed by atoms with E-state index in [2.05, 4.69) is 15.5 Å². The second-order valence-electron chi connectivity index (χ2n) is 4.83. The molecule has 0 fully saturated rings. The maximum Gasteiger partial charge on any atom is 0.203 e. The van der Waals surface area contributed by atoms with Gasteiger partial charge < -0.3 is 0 Å². The van der Waals surface area contributed by atoms with Crippen molar-refractivity contribution >= 4 is 39.7 Å². The highest BCUT2D eigenvalue weighted by molar-refractivity contribution is 8.93. The van der Waals surface area contributed by atoms with E-state index >= 15 is 0 Å². The molecule has 0 saturated carbocycles. The van der Waals surface area contributed by atoms with Gasteiger partial charge in [0.15, 0.2) is 0 Å². The highest BCUT2D eigenvalue weighted by Crippen LogP contribution is 2.24. The summed E-state index contributed by atoms with van der Waals surface area (Å²) in [5.41, 5.74) is 6.84. The van der Waals surface area contributed by atoms with E-state index in [-0.39, 0.29) is 22.8 Å². The molecule has 1 aromatic heterocycles. The Morgan fingerprint density at radius 2 is 1.78 bits per heavy atom. The molecule has 118 valence electrons. The van der Waals surface area contributed by atoms with Crippen molar-refractivity contribution in [3.8, 4) is 11.3 Å². The maximum atomic E-state index is 12.9. The predicted octanol–water partition coefficient (Wildman–Crippen LogP) is 5.28. The topological polar surface area (TPSA) is 37.3 Å². The summed E-state index contributed by atoms with van der Waals surface area (Å²) >= 11 is 1.46. The Balaban J connectivity index is 0.00000192. The minimum Gasteiger partial charge on any atom is -0.253 e. The molecule has 0 unspecified atom stereocenters. The molecule has 0 radical (unpaired) electrons. The lowest BCUT2D eigenvalue weighted by Crippen LogP contribution is -1.90. The molecule has 23 heavy (non-hydrogen) atoms. The van der Waals surface area contributed by atoms with E-state index in [0.717, 1.165) is 16.8 Å². The van der Waals surface area contributed by atoms with Crippen LogP contribution >= 0.6 is 28.3 Å². The van der Waals surface area contributed by atoms with Gasteiger partial charge in [0.25, 0.3) is 0 Å². The normalized spacial score (nSPS) is 10.5. The van der Waals surface area contributed by atoms with Crippen molar-refractivity contribution in [2.75, 3.05) is 5.43 Å². The van der Waals surface area contributed by atoms with Gasteiger partial charge in [0.1, 0.15) is 5.82 Å². The van der Waals surface area contributed by atoms with Crippen LogP contribution in [0.5, 0.6) is 0 Å². The number of hydrogen-bond donors (Lipinski definition) is 1. The van der Waals surface area contributed by atoms with Crippen LogP contribution in [0.1, 0.15) is 11.1 Å².